The van der Waals surface area contributed by atoms with Crippen molar-refractivity contribution < 1.29 is 14.3 Å². The van der Waals surface area contributed by atoms with E-state index in [2.05, 4.69) is 0 Å². The van der Waals surface area contributed by atoms with Gasteiger partial charge in [-0.15, -0.1) is 0 Å². The van der Waals surface area contributed by atoms with Gasteiger partial charge in [0.2, 0.25) is 0 Å². The van der Waals surface area contributed by atoms with Gasteiger partial charge in [0.25, 0.3) is 0 Å². The summed E-state index contributed by atoms with van der Waals surface area (Å²) in [5.41, 5.74) is 2.97. The van der Waals surface area contributed by atoms with E-state index in [0.717, 1.165) is 36.8 Å². The molecular weight excluding hydrogens is 252 g/mol. The van der Waals surface area contributed by atoms with Crippen LogP contribution in [0.4, 0.5) is 0 Å². The highest BCUT2D eigenvalue weighted by atomic mass is 16.5. The number of rotatable bonds is 5. The first-order valence-electron chi connectivity index (χ1n) is 7.35. The summed E-state index contributed by atoms with van der Waals surface area (Å²) >= 11 is 0. The van der Waals surface area contributed by atoms with Gasteiger partial charge in [0.1, 0.15) is 6.61 Å². The number of methoxy groups -OCH3 is 1. The van der Waals surface area contributed by atoms with Gasteiger partial charge in [0.15, 0.2) is 5.78 Å². The maximum absolute atomic E-state index is 12.2. The Balaban J connectivity index is 1.88. The first kappa shape index (κ1) is 15.2. The minimum absolute atomic E-state index is 0.0713. The fourth-order valence-electron chi connectivity index (χ4n) is 2.87. The highest BCUT2D eigenvalue weighted by Gasteiger charge is 2.23. The molecule has 20 heavy (non-hydrogen) atoms. The number of hydrogen-bond acceptors (Lipinski definition) is 3. The number of aryl methyl sites for hydroxylation is 2. The van der Waals surface area contributed by atoms with E-state index in [1.807, 2.05) is 32.0 Å². The quantitative estimate of drug-likeness (QED) is 0.773. The van der Waals surface area contributed by atoms with E-state index in [4.69, 9.17) is 9.47 Å². The van der Waals surface area contributed by atoms with Crippen molar-refractivity contribution in [3.8, 4) is 0 Å². The predicted octanol–water partition coefficient (Wildman–Crippen LogP) is 3.46. The minimum atomic E-state index is 0.0713. The zero-order chi connectivity index (χ0) is 14.5. The van der Waals surface area contributed by atoms with Gasteiger partial charge in [0, 0.05) is 12.7 Å². The van der Waals surface area contributed by atoms with E-state index < -0.39 is 0 Å². The lowest BCUT2D eigenvalue weighted by molar-refractivity contribution is -0.0243. The number of Topliss-reactive ketones (excluding diaryl/α,β-unsaturated/α-hetero) is 1. The van der Waals surface area contributed by atoms with Crippen LogP contribution in [0, 0.1) is 13.8 Å². The molecule has 0 heterocycles. The largest absolute Gasteiger partial charge is 0.381 e. The molecule has 2 atom stereocenters. The Bertz CT molecular complexity index is 467. The molecule has 0 saturated heterocycles. The highest BCUT2D eigenvalue weighted by Crippen LogP contribution is 2.23. The molecule has 1 aliphatic carbocycles. The van der Waals surface area contributed by atoms with Crippen LogP contribution in [0.2, 0.25) is 0 Å². The van der Waals surface area contributed by atoms with Gasteiger partial charge in [-0.3, -0.25) is 4.79 Å². The van der Waals surface area contributed by atoms with E-state index in [-0.39, 0.29) is 24.6 Å². The van der Waals surface area contributed by atoms with Gasteiger partial charge in [-0.05, 0) is 45.1 Å². The molecule has 0 spiro atoms. The molecule has 2 rings (SSSR count). The van der Waals surface area contributed by atoms with Gasteiger partial charge in [0.05, 0.1) is 12.2 Å². The van der Waals surface area contributed by atoms with Crippen LogP contribution in [0.5, 0.6) is 0 Å². The smallest absolute Gasteiger partial charge is 0.188 e. The van der Waals surface area contributed by atoms with Gasteiger partial charge < -0.3 is 9.47 Å². The van der Waals surface area contributed by atoms with Crippen LogP contribution in [-0.2, 0) is 9.47 Å². The number of ketones is 1. The molecule has 0 radical (unpaired) electrons. The summed E-state index contributed by atoms with van der Waals surface area (Å²) in [6.45, 7) is 4.18. The molecular formula is C17H24O3. The number of hydrogen-bond donors (Lipinski definition) is 0. The van der Waals surface area contributed by atoms with Crippen LogP contribution < -0.4 is 0 Å². The monoisotopic (exact) mass is 276 g/mol. The molecule has 0 aromatic heterocycles. The number of ether oxygens (including phenoxy) is 2. The maximum Gasteiger partial charge on any atom is 0.188 e. The number of carbonyl (C=O) groups is 1. The minimum Gasteiger partial charge on any atom is -0.381 e. The molecule has 0 N–H and O–H groups in total. The van der Waals surface area contributed by atoms with E-state index in [1.165, 1.54) is 5.56 Å². The zero-order valence-corrected chi connectivity index (χ0v) is 12.6. The molecule has 2 unspecified atom stereocenters. The standard InChI is InChI=1S/C17H24O3/c1-12-7-8-16(13(2)9-12)17(18)11-20-15-6-4-5-14(10-15)19-3/h7-9,14-15H,4-6,10-11H2,1-3H3. The second kappa shape index (κ2) is 7.00. The summed E-state index contributed by atoms with van der Waals surface area (Å²) in [6, 6.07) is 5.91. The van der Waals surface area contributed by atoms with Crippen molar-refractivity contribution >= 4 is 5.78 Å². The summed E-state index contributed by atoms with van der Waals surface area (Å²) in [6.07, 6.45) is 4.58. The molecule has 1 aromatic rings. The van der Waals surface area contributed by atoms with Crippen LogP contribution in [0.15, 0.2) is 18.2 Å². The fourth-order valence-corrected chi connectivity index (χ4v) is 2.87. The maximum atomic E-state index is 12.2. The summed E-state index contributed by atoms with van der Waals surface area (Å²) in [5.74, 6) is 0.0713. The Morgan fingerprint density at radius 1 is 1.25 bits per heavy atom. The van der Waals surface area contributed by atoms with E-state index in [1.54, 1.807) is 7.11 Å². The average molecular weight is 276 g/mol. The second-order valence-electron chi connectivity index (χ2n) is 5.70. The number of benzene rings is 1. The van der Waals surface area contributed by atoms with Gasteiger partial charge >= 0.3 is 0 Å². The van der Waals surface area contributed by atoms with E-state index >= 15 is 0 Å². The third-order valence-corrected chi connectivity index (χ3v) is 4.04. The van der Waals surface area contributed by atoms with Crippen LogP contribution in [-0.4, -0.2) is 31.7 Å². The average Bonchev–Trinajstić information content (AvgIpc) is 2.45. The normalized spacial score (nSPS) is 22.8. The lowest BCUT2D eigenvalue weighted by Crippen LogP contribution is -2.29. The fraction of sp³-hybridized carbons (Fsp3) is 0.588. The van der Waals surface area contributed by atoms with Gasteiger partial charge in [-0.1, -0.05) is 23.8 Å². The molecule has 1 aliphatic rings. The predicted molar refractivity (Wildman–Crippen MR) is 79.3 cm³/mol. The number of carbonyl (C=O) groups excluding carboxylic acids is 1. The Labute approximate surface area is 121 Å². The van der Waals surface area contributed by atoms with E-state index in [9.17, 15) is 4.79 Å². The first-order valence-corrected chi connectivity index (χ1v) is 7.35. The lowest BCUT2D eigenvalue weighted by Gasteiger charge is -2.28. The van der Waals surface area contributed by atoms with Crippen molar-refractivity contribution in [3.63, 3.8) is 0 Å². The van der Waals surface area contributed by atoms with Crippen molar-refractivity contribution in [1.82, 2.24) is 0 Å². The lowest BCUT2D eigenvalue weighted by atomic mass is 9.95. The highest BCUT2D eigenvalue weighted by molar-refractivity contribution is 5.98. The Morgan fingerprint density at radius 3 is 2.70 bits per heavy atom. The molecule has 3 heteroatoms. The van der Waals surface area contributed by atoms with Crippen LogP contribution in [0.25, 0.3) is 0 Å². The third-order valence-electron chi connectivity index (χ3n) is 4.04. The van der Waals surface area contributed by atoms with Crippen molar-refractivity contribution in [2.45, 2.75) is 51.7 Å². The summed E-state index contributed by atoms with van der Waals surface area (Å²) in [7, 11) is 1.74. The summed E-state index contributed by atoms with van der Waals surface area (Å²) in [5, 5.41) is 0. The molecule has 3 nitrogen and oxygen atoms in total. The summed E-state index contributed by atoms with van der Waals surface area (Å²) < 4.78 is 11.2. The Morgan fingerprint density at radius 2 is 2.00 bits per heavy atom. The van der Waals surface area contributed by atoms with Crippen LogP contribution in [0.3, 0.4) is 0 Å². The molecule has 0 aliphatic heterocycles. The van der Waals surface area contributed by atoms with Gasteiger partial charge in [-0.2, -0.15) is 0 Å². The molecule has 0 amide bonds. The Kier molecular flexibility index (Phi) is 5.32. The molecule has 110 valence electrons. The second-order valence-corrected chi connectivity index (χ2v) is 5.70. The van der Waals surface area contributed by atoms with Gasteiger partial charge in [-0.25, -0.2) is 0 Å². The molecule has 1 aromatic carbocycles. The SMILES string of the molecule is COC1CCCC(OCC(=O)c2ccc(C)cc2C)C1. The van der Waals surface area contributed by atoms with E-state index in [0.29, 0.717) is 0 Å². The van der Waals surface area contributed by atoms with Crippen molar-refractivity contribution in [2.24, 2.45) is 0 Å². The zero-order valence-electron chi connectivity index (χ0n) is 12.6. The molecule has 1 saturated carbocycles. The molecule has 1 fully saturated rings. The van der Waals surface area contributed by atoms with Crippen LogP contribution >= 0.6 is 0 Å². The third kappa shape index (κ3) is 3.90. The molecule has 0 bridgehead atoms. The van der Waals surface area contributed by atoms with Crippen LogP contribution in [0.1, 0.15) is 47.2 Å². The summed E-state index contributed by atoms with van der Waals surface area (Å²) in [4.78, 5) is 12.2. The van der Waals surface area contributed by atoms with Crippen molar-refractivity contribution in [1.29, 1.82) is 0 Å². The van der Waals surface area contributed by atoms with Crippen molar-refractivity contribution in [2.75, 3.05) is 13.7 Å². The van der Waals surface area contributed by atoms with Crippen molar-refractivity contribution in [3.05, 3.63) is 34.9 Å². The topological polar surface area (TPSA) is 35.5 Å². The Hall–Kier alpha value is -1.19. The first-order chi connectivity index (χ1) is 9.60.